The Balaban J connectivity index is 1.94. The molecule has 4 nitrogen and oxygen atoms in total. The third kappa shape index (κ3) is 7.43. The minimum Gasteiger partial charge on any atom is -0.439 e. The Hall–Kier alpha value is -1.72. The van der Waals surface area contributed by atoms with Crippen molar-refractivity contribution in [3.8, 4) is 11.6 Å². The normalized spacial score (nSPS) is 12.0. The molecule has 6 heteroatoms. The van der Waals surface area contributed by atoms with Gasteiger partial charge in [0.1, 0.15) is 5.75 Å². The number of aryl methyl sites for hydroxylation is 1. The van der Waals surface area contributed by atoms with Crippen LogP contribution in [0.4, 0.5) is 5.69 Å². The number of benzene rings is 1. The van der Waals surface area contributed by atoms with E-state index in [2.05, 4.69) is 50.6 Å². The number of ether oxygens (including phenoxy) is 1. The van der Waals surface area contributed by atoms with Gasteiger partial charge in [0, 0.05) is 22.3 Å². The van der Waals surface area contributed by atoms with Crippen LogP contribution in [-0.4, -0.2) is 15.6 Å². The fraction of sp³-hybridized carbons (Fsp3) is 0.429. The molecule has 0 spiro atoms. The third-order valence-electron chi connectivity index (χ3n) is 3.92. The number of hydrogen-bond acceptors (Lipinski definition) is 4. The molecule has 0 saturated carbocycles. The highest BCUT2D eigenvalue weighted by Crippen LogP contribution is 2.34. The van der Waals surface area contributed by atoms with Gasteiger partial charge in [-0.2, -0.15) is 12.6 Å². The Labute approximate surface area is 172 Å². The van der Waals surface area contributed by atoms with Gasteiger partial charge in [-0.05, 0) is 48.6 Å². The van der Waals surface area contributed by atoms with Crippen LogP contribution in [0.2, 0.25) is 5.02 Å². The molecule has 0 bridgehead atoms. The number of carbonyl (C=O) groups excluding carboxylic acids is 1. The van der Waals surface area contributed by atoms with Crippen molar-refractivity contribution >= 4 is 35.8 Å². The lowest BCUT2D eigenvalue weighted by molar-refractivity contribution is -0.118. The van der Waals surface area contributed by atoms with Gasteiger partial charge in [0.05, 0.1) is 11.9 Å². The van der Waals surface area contributed by atoms with E-state index in [-0.39, 0.29) is 16.1 Å². The van der Waals surface area contributed by atoms with Gasteiger partial charge in [-0.1, -0.05) is 39.3 Å². The number of halogens is 1. The Bertz CT molecular complexity index is 799. The fourth-order valence-electron chi connectivity index (χ4n) is 3.19. The van der Waals surface area contributed by atoms with Crippen molar-refractivity contribution in [1.82, 2.24) is 4.98 Å². The number of nitrogens with zero attached hydrogens (tertiary/aromatic N) is 1. The van der Waals surface area contributed by atoms with Gasteiger partial charge in [0.15, 0.2) is 0 Å². The summed E-state index contributed by atoms with van der Waals surface area (Å²) < 4.78 is 5.60. The van der Waals surface area contributed by atoms with Crippen molar-refractivity contribution in [1.29, 1.82) is 0 Å². The summed E-state index contributed by atoms with van der Waals surface area (Å²) in [6.45, 7) is 10.2. The molecule has 1 aromatic heterocycles. The molecule has 2 aromatic rings. The number of amides is 1. The fourth-order valence-corrected chi connectivity index (χ4v) is 3.74. The summed E-state index contributed by atoms with van der Waals surface area (Å²) in [5.41, 5.74) is 1.43. The van der Waals surface area contributed by atoms with E-state index < -0.39 is 0 Å². The van der Waals surface area contributed by atoms with E-state index in [1.807, 2.05) is 13.0 Å². The molecule has 2 rings (SSSR count). The van der Waals surface area contributed by atoms with Gasteiger partial charge in [0.25, 0.3) is 0 Å². The van der Waals surface area contributed by atoms with Crippen molar-refractivity contribution in [3.05, 3.63) is 47.1 Å². The smallest absolute Gasteiger partial charge is 0.224 e. The van der Waals surface area contributed by atoms with E-state index in [4.69, 9.17) is 16.3 Å². The SMILES string of the molecule is Cc1cc(Oc2ccc(NC(=O)CC(C)(C)CC(C)(C)S)cn2)ccc1Cl. The number of nitrogens with one attached hydrogen (secondary N) is 1. The molecule has 0 aliphatic rings. The first-order valence-corrected chi connectivity index (χ1v) is 9.68. The predicted molar refractivity (Wildman–Crippen MR) is 115 cm³/mol. The largest absolute Gasteiger partial charge is 0.439 e. The average molecular weight is 407 g/mol. The summed E-state index contributed by atoms with van der Waals surface area (Å²) in [5, 5.41) is 3.58. The van der Waals surface area contributed by atoms with Crippen LogP contribution in [0.3, 0.4) is 0 Å². The molecule has 0 fully saturated rings. The number of aromatic nitrogens is 1. The van der Waals surface area contributed by atoms with E-state index in [1.54, 1.807) is 30.5 Å². The van der Waals surface area contributed by atoms with Gasteiger partial charge < -0.3 is 10.1 Å². The highest BCUT2D eigenvalue weighted by atomic mass is 35.5. The van der Waals surface area contributed by atoms with Crippen LogP contribution in [0, 0.1) is 12.3 Å². The molecule has 1 aromatic carbocycles. The number of pyridine rings is 1. The minimum atomic E-state index is -0.141. The summed E-state index contributed by atoms with van der Waals surface area (Å²) in [4.78, 5) is 16.6. The molecule has 146 valence electrons. The van der Waals surface area contributed by atoms with Crippen LogP contribution in [0.15, 0.2) is 36.5 Å². The number of rotatable bonds is 7. The summed E-state index contributed by atoms with van der Waals surface area (Å²) in [7, 11) is 0. The molecule has 0 unspecified atom stereocenters. The number of anilines is 1. The summed E-state index contributed by atoms with van der Waals surface area (Å²) in [5.74, 6) is 1.07. The standard InChI is InChI=1S/C21H27ClN2O2S/c1-14-10-16(7-8-17(14)22)26-19-9-6-15(12-23-19)24-18(25)11-20(2,3)13-21(4,5)27/h6-10,12,27H,11,13H2,1-5H3,(H,24,25). The van der Waals surface area contributed by atoms with Gasteiger partial charge in [0.2, 0.25) is 11.8 Å². The molecule has 0 aliphatic heterocycles. The van der Waals surface area contributed by atoms with E-state index in [9.17, 15) is 4.79 Å². The zero-order valence-corrected chi connectivity index (χ0v) is 18.1. The molecule has 1 heterocycles. The van der Waals surface area contributed by atoms with E-state index >= 15 is 0 Å². The van der Waals surface area contributed by atoms with Crippen molar-refractivity contribution in [2.75, 3.05) is 5.32 Å². The van der Waals surface area contributed by atoms with Crippen molar-refractivity contribution < 1.29 is 9.53 Å². The molecular formula is C21H27ClN2O2S. The van der Waals surface area contributed by atoms with Crippen molar-refractivity contribution in [2.24, 2.45) is 5.41 Å². The molecule has 0 radical (unpaired) electrons. The summed E-state index contributed by atoms with van der Waals surface area (Å²) in [6.07, 6.45) is 2.84. The molecule has 0 saturated heterocycles. The van der Waals surface area contributed by atoms with Gasteiger partial charge in [-0.25, -0.2) is 4.98 Å². The molecule has 0 aliphatic carbocycles. The zero-order valence-electron chi connectivity index (χ0n) is 16.5. The Morgan fingerprint density at radius 2 is 1.93 bits per heavy atom. The van der Waals surface area contributed by atoms with E-state index in [1.165, 1.54) is 0 Å². The number of carbonyl (C=O) groups is 1. The highest BCUT2D eigenvalue weighted by molar-refractivity contribution is 7.81. The Kier molecular flexibility index (Phi) is 6.82. The average Bonchev–Trinajstić information content (AvgIpc) is 2.49. The van der Waals surface area contributed by atoms with E-state index in [0.717, 1.165) is 12.0 Å². The van der Waals surface area contributed by atoms with E-state index in [0.29, 0.717) is 28.8 Å². The van der Waals surface area contributed by atoms with Crippen LogP contribution in [0.1, 0.15) is 46.1 Å². The summed E-state index contributed by atoms with van der Waals surface area (Å²) in [6, 6.07) is 8.93. The molecule has 1 N–H and O–H groups in total. The van der Waals surface area contributed by atoms with Crippen LogP contribution in [0.5, 0.6) is 11.6 Å². The second-order valence-electron chi connectivity index (χ2n) is 8.28. The van der Waals surface area contributed by atoms with Crippen LogP contribution in [-0.2, 0) is 4.79 Å². The molecular weight excluding hydrogens is 380 g/mol. The second kappa shape index (κ2) is 8.53. The Morgan fingerprint density at radius 3 is 2.48 bits per heavy atom. The van der Waals surface area contributed by atoms with Gasteiger partial charge in [-0.15, -0.1) is 0 Å². The maximum absolute atomic E-state index is 12.4. The highest BCUT2D eigenvalue weighted by Gasteiger charge is 2.28. The first kappa shape index (κ1) is 21.6. The summed E-state index contributed by atoms with van der Waals surface area (Å²) >= 11 is 10.6. The quantitative estimate of drug-likeness (QED) is 0.531. The molecule has 0 atom stereocenters. The predicted octanol–water partition coefficient (Wildman–Crippen LogP) is 6.29. The minimum absolute atomic E-state index is 0.0404. The molecule has 27 heavy (non-hydrogen) atoms. The number of hydrogen-bond donors (Lipinski definition) is 2. The van der Waals surface area contributed by atoms with Crippen LogP contribution < -0.4 is 10.1 Å². The monoisotopic (exact) mass is 406 g/mol. The second-order valence-corrected chi connectivity index (χ2v) is 9.89. The topological polar surface area (TPSA) is 51.2 Å². The third-order valence-corrected chi connectivity index (χ3v) is 4.50. The van der Waals surface area contributed by atoms with Crippen molar-refractivity contribution in [3.63, 3.8) is 0 Å². The first-order chi connectivity index (χ1) is 12.4. The maximum Gasteiger partial charge on any atom is 0.224 e. The molecule has 1 amide bonds. The Morgan fingerprint density at radius 1 is 1.22 bits per heavy atom. The van der Waals surface area contributed by atoms with Gasteiger partial charge in [-0.3, -0.25) is 4.79 Å². The lowest BCUT2D eigenvalue weighted by Gasteiger charge is -2.31. The maximum atomic E-state index is 12.4. The lowest BCUT2D eigenvalue weighted by atomic mass is 9.80. The zero-order chi connectivity index (χ0) is 20.2. The van der Waals surface area contributed by atoms with Crippen LogP contribution >= 0.6 is 24.2 Å². The van der Waals surface area contributed by atoms with Crippen molar-refractivity contribution in [2.45, 2.75) is 52.2 Å². The van der Waals surface area contributed by atoms with Gasteiger partial charge >= 0.3 is 0 Å². The lowest BCUT2D eigenvalue weighted by Crippen LogP contribution is -2.28. The van der Waals surface area contributed by atoms with Crippen LogP contribution in [0.25, 0.3) is 0 Å². The first-order valence-electron chi connectivity index (χ1n) is 8.86. The number of thiol groups is 1.